The summed E-state index contributed by atoms with van der Waals surface area (Å²) in [5.74, 6) is 1.43. The average molecular weight is 368 g/mol. The zero-order valence-electron chi connectivity index (χ0n) is 14.3. The number of ether oxygens (including phenoxy) is 1. The van der Waals surface area contributed by atoms with Crippen LogP contribution in [0.2, 0.25) is 5.02 Å². The highest BCUT2D eigenvalue weighted by Crippen LogP contribution is 2.40. The zero-order chi connectivity index (χ0) is 18.1. The van der Waals surface area contributed by atoms with E-state index in [1.165, 1.54) is 0 Å². The molecule has 0 saturated carbocycles. The minimum absolute atomic E-state index is 0.0220. The predicted molar refractivity (Wildman–Crippen MR) is 101 cm³/mol. The van der Waals surface area contributed by atoms with Crippen LogP contribution in [0.25, 0.3) is 0 Å². The Bertz CT molecular complexity index is 950. The Kier molecular flexibility index (Phi) is 4.39. The number of rotatable bonds is 4. The van der Waals surface area contributed by atoms with Crippen LogP contribution in [0.5, 0.6) is 5.75 Å². The number of carbonyl (C=O) groups is 1. The van der Waals surface area contributed by atoms with Crippen molar-refractivity contribution in [3.05, 3.63) is 76.4 Å². The van der Waals surface area contributed by atoms with Gasteiger partial charge in [0.15, 0.2) is 0 Å². The molecule has 0 spiro atoms. The van der Waals surface area contributed by atoms with Crippen LogP contribution in [0.15, 0.2) is 54.7 Å². The molecule has 1 N–H and O–H groups in total. The van der Waals surface area contributed by atoms with Crippen molar-refractivity contribution >= 4 is 23.3 Å². The molecule has 0 fully saturated rings. The largest absolute Gasteiger partial charge is 0.496 e. The molecule has 26 heavy (non-hydrogen) atoms. The third kappa shape index (κ3) is 3.06. The summed E-state index contributed by atoms with van der Waals surface area (Å²) in [6.07, 6.45) is 2.21. The average Bonchev–Trinajstić information content (AvgIpc) is 3.05. The lowest BCUT2D eigenvalue weighted by atomic mass is 9.87. The maximum atomic E-state index is 12.3. The first-order valence-electron chi connectivity index (χ1n) is 8.38. The molecule has 1 atom stereocenters. The number of anilines is 1. The van der Waals surface area contributed by atoms with Gasteiger partial charge in [-0.2, -0.15) is 5.10 Å². The van der Waals surface area contributed by atoms with Crippen molar-refractivity contribution in [2.45, 2.75) is 18.9 Å². The van der Waals surface area contributed by atoms with Crippen LogP contribution in [0, 0.1) is 0 Å². The van der Waals surface area contributed by atoms with Crippen LogP contribution in [0.4, 0.5) is 5.82 Å². The summed E-state index contributed by atoms with van der Waals surface area (Å²) in [5.41, 5.74) is 3.06. The highest BCUT2D eigenvalue weighted by atomic mass is 35.5. The topological polar surface area (TPSA) is 56.1 Å². The summed E-state index contributed by atoms with van der Waals surface area (Å²) in [4.78, 5) is 12.3. The van der Waals surface area contributed by atoms with Gasteiger partial charge in [-0.05, 0) is 23.8 Å². The second-order valence-corrected chi connectivity index (χ2v) is 6.72. The van der Waals surface area contributed by atoms with E-state index in [1.54, 1.807) is 7.11 Å². The number of nitrogens with zero attached hydrogens (tertiary/aromatic N) is 2. The van der Waals surface area contributed by atoms with E-state index in [4.69, 9.17) is 16.3 Å². The van der Waals surface area contributed by atoms with Gasteiger partial charge >= 0.3 is 0 Å². The second kappa shape index (κ2) is 6.84. The fourth-order valence-electron chi connectivity index (χ4n) is 3.38. The van der Waals surface area contributed by atoms with Gasteiger partial charge in [-0.25, -0.2) is 4.68 Å². The van der Waals surface area contributed by atoms with Gasteiger partial charge in [-0.1, -0.05) is 41.9 Å². The molecular weight excluding hydrogens is 350 g/mol. The number of nitrogens with one attached hydrogen (secondary N) is 1. The molecule has 2 heterocycles. The van der Waals surface area contributed by atoms with Gasteiger partial charge in [-0.3, -0.25) is 4.79 Å². The van der Waals surface area contributed by atoms with Gasteiger partial charge in [0.25, 0.3) is 0 Å². The van der Waals surface area contributed by atoms with E-state index in [2.05, 4.69) is 10.4 Å². The number of hydrogen-bond donors (Lipinski definition) is 1. The fraction of sp³-hybridized carbons (Fsp3) is 0.200. The number of halogens is 1. The molecule has 1 aromatic heterocycles. The zero-order valence-corrected chi connectivity index (χ0v) is 15.0. The fourth-order valence-corrected chi connectivity index (χ4v) is 3.51. The van der Waals surface area contributed by atoms with Crippen molar-refractivity contribution < 1.29 is 9.53 Å². The molecule has 132 valence electrons. The molecule has 1 aliphatic rings. The minimum atomic E-state index is -0.0751. The van der Waals surface area contributed by atoms with Crippen LogP contribution in [0.1, 0.15) is 29.0 Å². The van der Waals surface area contributed by atoms with E-state index < -0.39 is 0 Å². The standard InChI is InChI=1S/C20H18ClN3O2/c1-26-18-5-3-2-4-15(18)16-10-19(25)23-20-17(16)11-22-24(20)12-13-6-8-14(21)9-7-13/h2-9,11,16H,10,12H2,1H3,(H,23,25). The number of para-hydroxylation sites is 1. The summed E-state index contributed by atoms with van der Waals surface area (Å²) in [5, 5.41) is 8.18. The van der Waals surface area contributed by atoms with Crippen LogP contribution >= 0.6 is 11.6 Å². The summed E-state index contributed by atoms with van der Waals surface area (Å²) < 4.78 is 7.31. The van der Waals surface area contributed by atoms with Crippen molar-refractivity contribution in [3.63, 3.8) is 0 Å². The van der Waals surface area contributed by atoms with E-state index >= 15 is 0 Å². The predicted octanol–water partition coefficient (Wildman–Crippen LogP) is 4.07. The number of methoxy groups -OCH3 is 1. The Labute approximate surface area is 156 Å². The molecule has 6 heteroatoms. The van der Waals surface area contributed by atoms with E-state index in [9.17, 15) is 4.79 Å². The smallest absolute Gasteiger partial charge is 0.226 e. The van der Waals surface area contributed by atoms with Gasteiger partial charge in [0.1, 0.15) is 11.6 Å². The Morgan fingerprint density at radius 2 is 1.96 bits per heavy atom. The molecule has 2 aromatic carbocycles. The number of hydrogen-bond acceptors (Lipinski definition) is 3. The lowest BCUT2D eigenvalue weighted by molar-refractivity contribution is -0.116. The number of amides is 1. The molecule has 3 aromatic rings. The SMILES string of the molecule is COc1ccccc1C1CC(=O)Nc2c1cnn2Cc1ccc(Cl)cc1. The summed E-state index contributed by atoms with van der Waals surface area (Å²) in [6, 6.07) is 15.4. The molecule has 0 radical (unpaired) electrons. The lowest BCUT2D eigenvalue weighted by Gasteiger charge is -2.25. The monoisotopic (exact) mass is 367 g/mol. The maximum absolute atomic E-state index is 12.3. The van der Waals surface area contributed by atoms with Crippen molar-refractivity contribution in [2.24, 2.45) is 0 Å². The van der Waals surface area contributed by atoms with Gasteiger partial charge in [0, 0.05) is 28.5 Å². The van der Waals surface area contributed by atoms with Crippen molar-refractivity contribution in [2.75, 3.05) is 12.4 Å². The molecular formula is C20H18ClN3O2. The minimum Gasteiger partial charge on any atom is -0.496 e. The van der Waals surface area contributed by atoms with Crippen LogP contribution in [-0.2, 0) is 11.3 Å². The number of carbonyl (C=O) groups excluding carboxylic acids is 1. The van der Waals surface area contributed by atoms with Crippen molar-refractivity contribution in [3.8, 4) is 5.75 Å². The normalized spacial score (nSPS) is 16.1. The Balaban J connectivity index is 1.72. The Morgan fingerprint density at radius 1 is 1.19 bits per heavy atom. The highest BCUT2D eigenvalue weighted by molar-refractivity contribution is 6.30. The van der Waals surface area contributed by atoms with Gasteiger partial charge in [0.2, 0.25) is 5.91 Å². The van der Waals surface area contributed by atoms with Crippen molar-refractivity contribution in [1.29, 1.82) is 0 Å². The first-order valence-corrected chi connectivity index (χ1v) is 8.76. The highest BCUT2D eigenvalue weighted by Gasteiger charge is 2.31. The number of benzene rings is 2. The Morgan fingerprint density at radius 3 is 2.73 bits per heavy atom. The molecule has 0 saturated heterocycles. The van der Waals surface area contributed by atoms with Gasteiger partial charge < -0.3 is 10.1 Å². The molecule has 1 aliphatic heterocycles. The summed E-state index contributed by atoms with van der Waals surface area (Å²) >= 11 is 5.95. The summed E-state index contributed by atoms with van der Waals surface area (Å²) in [7, 11) is 1.65. The van der Waals surface area contributed by atoms with E-state index in [1.807, 2.05) is 59.4 Å². The third-order valence-corrected chi connectivity index (χ3v) is 4.90. The van der Waals surface area contributed by atoms with Crippen LogP contribution in [-0.4, -0.2) is 22.8 Å². The molecule has 4 rings (SSSR count). The van der Waals surface area contributed by atoms with Crippen LogP contribution < -0.4 is 10.1 Å². The first kappa shape index (κ1) is 16.7. The molecule has 1 amide bonds. The second-order valence-electron chi connectivity index (χ2n) is 6.28. The lowest BCUT2D eigenvalue weighted by Crippen LogP contribution is -2.25. The van der Waals surface area contributed by atoms with Crippen LogP contribution in [0.3, 0.4) is 0 Å². The number of aromatic nitrogens is 2. The summed E-state index contributed by atoms with van der Waals surface area (Å²) in [6.45, 7) is 0.561. The maximum Gasteiger partial charge on any atom is 0.226 e. The number of fused-ring (bicyclic) bond motifs is 1. The first-order chi connectivity index (χ1) is 12.7. The van der Waals surface area contributed by atoms with Crippen molar-refractivity contribution in [1.82, 2.24) is 9.78 Å². The van der Waals surface area contributed by atoms with E-state index in [0.29, 0.717) is 18.0 Å². The third-order valence-electron chi connectivity index (χ3n) is 4.65. The molecule has 0 bridgehead atoms. The van der Waals surface area contributed by atoms with Gasteiger partial charge in [0.05, 0.1) is 19.9 Å². The molecule has 1 unspecified atom stereocenters. The van der Waals surface area contributed by atoms with Gasteiger partial charge in [-0.15, -0.1) is 0 Å². The molecule has 0 aliphatic carbocycles. The Hall–Kier alpha value is -2.79. The molecule has 5 nitrogen and oxygen atoms in total. The quantitative estimate of drug-likeness (QED) is 0.756. The van der Waals surface area contributed by atoms with E-state index in [0.717, 1.165) is 28.3 Å². The van der Waals surface area contributed by atoms with E-state index in [-0.39, 0.29) is 11.8 Å².